The second kappa shape index (κ2) is 8.00. The maximum atomic E-state index is 13.0. The van der Waals surface area contributed by atoms with E-state index >= 15 is 0 Å². The quantitative estimate of drug-likeness (QED) is 0.783. The van der Waals surface area contributed by atoms with Crippen LogP contribution in [0.3, 0.4) is 0 Å². The Bertz CT molecular complexity index is 1010. The van der Waals surface area contributed by atoms with Gasteiger partial charge in [-0.2, -0.15) is 0 Å². The Balaban J connectivity index is 1.45. The van der Waals surface area contributed by atoms with Gasteiger partial charge in [0.15, 0.2) is 0 Å². The summed E-state index contributed by atoms with van der Waals surface area (Å²) >= 11 is 0. The molecule has 168 valence electrons. The number of hydrogen-bond donors (Lipinski definition) is 1. The number of piperidine rings is 1. The van der Waals surface area contributed by atoms with Crippen molar-refractivity contribution in [2.45, 2.75) is 63.7 Å². The minimum atomic E-state index is -0.224. The van der Waals surface area contributed by atoms with E-state index in [2.05, 4.69) is 35.4 Å². The summed E-state index contributed by atoms with van der Waals surface area (Å²) in [5.41, 5.74) is 3.08. The lowest BCUT2D eigenvalue weighted by atomic mass is 9.71. The number of aromatic nitrogens is 1. The van der Waals surface area contributed by atoms with Crippen LogP contribution in [0.5, 0.6) is 0 Å². The monoisotopic (exact) mass is 433 g/mol. The first-order chi connectivity index (χ1) is 15.4. The zero-order valence-corrected chi connectivity index (χ0v) is 18.8. The number of carbonyl (C=O) groups excluding carboxylic acids is 2. The molecule has 2 aromatic rings. The average molecular weight is 434 g/mol. The second-order valence-electron chi connectivity index (χ2n) is 9.86. The van der Waals surface area contributed by atoms with Gasteiger partial charge in [0, 0.05) is 43.2 Å². The molecule has 2 amide bonds. The van der Waals surface area contributed by atoms with E-state index in [0.29, 0.717) is 12.5 Å². The molecule has 2 aliphatic carbocycles. The van der Waals surface area contributed by atoms with Gasteiger partial charge in [0.05, 0.1) is 18.8 Å². The normalized spacial score (nSPS) is 24.8. The minimum absolute atomic E-state index is 0.0614. The molecule has 1 aliphatic heterocycles. The Morgan fingerprint density at radius 1 is 1.09 bits per heavy atom. The van der Waals surface area contributed by atoms with Crippen molar-refractivity contribution in [3.05, 3.63) is 65.5 Å². The molecular formula is C26H31N3O3. The van der Waals surface area contributed by atoms with Gasteiger partial charge >= 0.3 is 0 Å². The van der Waals surface area contributed by atoms with Crippen molar-refractivity contribution in [2.75, 3.05) is 13.1 Å². The molecule has 2 heterocycles. The SMILES string of the molecule is CC(=O)N[C@@H]1c2ccccc2C2(CCN(C(=O)C3(C)CC3)CC2)[C@H]1OCc1ccncc1. The summed E-state index contributed by atoms with van der Waals surface area (Å²) in [6, 6.07) is 12.1. The Morgan fingerprint density at radius 3 is 2.44 bits per heavy atom. The predicted octanol–water partition coefficient (Wildman–Crippen LogP) is 3.52. The third-order valence-electron chi connectivity index (χ3n) is 7.68. The molecule has 6 nitrogen and oxygen atoms in total. The van der Waals surface area contributed by atoms with Gasteiger partial charge in [-0.3, -0.25) is 14.6 Å². The molecule has 1 N–H and O–H groups in total. The molecule has 2 atom stereocenters. The van der Waals surface area contributed by atoms with Crippen LogP contribution in [0.15, 0.2) is 48.8 Å². The highest BCUT2D eigenvalue weighted by molar-refractivity contribution is 5.85. The number of fused-ring (bicyclic) bond motifs is 2. The Hall–Kier alpha value is -2.73. The number of nitrogens with one attached hydrogen (secondary N) is 1. The third kappa shape index (κ3) is 3.60. The van der Waals surface area contributed by atoms with Crippen LogP contribution in [-0.2, 0) is 26.3 Å². The largest absolute Gasteiger partial charge is 0.370 e. The summed E-state index contributed by atoms with van der Waals surface area (Å²) in [6.45, 7) is 5.55. The lowest BCUT2D eigenvalue weighted by molar-refractivity contribution is -0.139. The fourth-order valence-corrected chi connectivity index (χ4v) is 5.60. The smallest absolute Gasteiger partial charge is 0.228 e. The molecule has 3 aliphatic rings. The lowest BCUT2D eigenvalue weighted by Gasteiger charge is -2.45. The molecule has 1 aromatic heterocycles. The highest BCUT2D eigenvalue weighted by Crippen LogP contribution is 2.54. The van der Waals surface area contributed by atoms with Gasteiger partial charge in [-0.25, -0.2) is 0 Å². The summed E-state index contributed by atoms with van der Waals surface area (Å²) < 4.78 is 6.61. The number of hydrogen-bond acceptors (Lipinski definition) is 4. The number of likely N-dealkylation sites (tertiary alicyclic amines) is 1. The van der Waals surface area contributed by atoms with E-state index in [0.717, 1.165) is 49.9 Å². The number of ether oxygens (including phenoxy) is 1. The first-order valence-electron chi connectivity index (χ1n) is 11.6. The molecule has 1 spiro atoms. The number of nitrogens with zero attached hydrogens (tertiary/aromatic N) is 2. The van der Waals surface area contributed by atoms with Gasteiger partial charge in [-0.15, -0.1) is 0 Å². The number of amides is 2. The summed E-state index contributed by atoms with van der Waals surface area (Å²) in [7, 11) is 0. The summed E-state index contributed by atoms with van der Waals surface area (Å²) in [5, 5.41) is 3.17. The average Bonchev–Trinajstić information content (AvgIpc) is 3.52. The molecule has 5 rings (SSSR count). The first kappa shape index (κ1) is 21.1. The Kier molecular flexibility index (Phi) is 5.28. The van der Waals surface area contributed by atoms with Crippen LogP contribution in [-0.4, -0.2) is 40.9 Å². The molecule has 6 heteroatoms. The minimum Gasteiger partial charge on any atom is -0.370 e. The van der Waals surface area contributed by atoms with Crippen molar-refractivity contribution in [3.8, 4) is 0 Å². The van der Waals surface area contributed by atoms with Gasteiger partial charge in [-0.1, -0.05) is 31.2 Å². The van der Waals surface area contributed by atoms with Crippen molar-refractivity contribution in [3.63, 3.8) is 0 Å². The first-order valence-corrected chi connectivity index (χ1v) is 11.6. The van der Waals surface area contributed by atoms with Crippen LogP contribution in [0, 0.1) is 5.41 Å². The molecule has 1 aromatic carbocycles. The Morgan fingerprint density at radius 2 is 1.78 bits per heavy atom. The number of benzene rings is 1. The van der Waals surface area contributed by atoms with Crippen LogP contribution in [0.1, 0.15) is 62.3 Å². The van der Waals surface area contributed by atoms with Crippen LogP contribution in [0.25, 0.3) is 0 Å². The number of rotatable bonds is 5. The molecule has 0 radical (unpaired) electrons. The van der Waals surface area contributed by atoms with Crippen LogP contribution >= 0.6 is 0 Å². The number of pyridine rings is 1. The highest BCUT2D eigenvalue weighted by atomic mass is 16.5. The van der Waals surface area contributed by atoms with Crippen LogP contribution in [0.2, 0.25) is 0 Å². The van der Waals surface area contributed by atoms with E-state index in [1.54, 1.807) is 19.3 Å². The fourth-order valence-electron chi connectivity index (χ4n) is 5.60. The molecule has 1 saturated carbocycles. The zero-order chi connectivity index (χ0) is 22.3. The van der Waals surface area contributed by atoms with Crippen LogP contribution in [0.4, 0.5) is 0 Å². The summed E-state index contributed by atoms with van der Waals surface area (Å²) in [5.74, 6) is 0.236. The topological polar surface area (TPSA) is 71.5 Å². The van der Waals surface area contributed by atoms with E-state index in [4.69, 9.17) is 4.74 Å². The predicted molar refractivity (Wildman–Crippen MR) is 121 cm³/mol. The van der Waals surface area contributed by atoms with Gasteiger partial charge in [0.2, 0.25) is 11.8 Å². The molecule has 0 bridgehead atoms. The van der Waals surface area contributed by atoms with Crippen molar-refractivity contribution < 1.29 is 14.3 Å². The van der Waals surface area contributed by atoms with Gasteiger partial charge in [-0.05, 0) is 54.5 Å². The van der Waals surface area contributed by atoms with Crippen molar-refractivity contribution in [2.24, 2.45) is 5.41 Å². The van der Waals surface area contributed by atoms with E-state index in [-0.39, 0.29) is 28.9 Å². The van der Waals surface area contributed by atoms with Crippen molar-refractivity contribution in [1.29, 1.82) is 0 Å². The van der Waals surface area contributed by atoms with E-state index in [1.165, 1.54) is 5.56 Å². The third-order valence-corrected chi connectivity index (χ3v) is 7.68. The van der Waals surface area contributed by atoms with E-state index in [9.17, 15) is 9.59 Å². The van der Waals surface area contributed by atoms with Crippen molar-refractivity contribution in [1.82, 2.24) is 15.2 Å². The molecule has 32 heavy (non-hydrogen) atoms. The van der Waals surface area contributed by atoms with E-state index < -0.39 is 0 Å². The summed E-state index contributed by atoms with van der Waals surface area (Å²) in [6.07, 6.45) is 7.02. The maximum Gasteiger partial charge on any atom is 0.228 e. The van der Waals surface area contributed by atoms with Gasteiger partial charge in [0.25, 0.3) is 0 Å². The van der Waals surface area contributed by atoms with Crippen LogP contribution < -0.4 is 5.32 Å². The zero-order valence-electron chi connectivity index (χ0n) is 18.8. The molecule has 1 saturated heterocycles. The summed E-state index contributed by atoms with van der Waals surface area (Å²) in [4.78, 5) is 31.2. The second-order valence-corrected chi connectivity index (χ2v) is 9.86. The standard InChI is InChI=1S/C26H31N3O3/c1-18(30)28-22-20-5-3-4-6-21(20)26(23(22)32-17-19-7-13-27-14-8-19)11-15-29(16-12-26)24(31)25(2)9-10-25/h3-8,13-14,22-23H,9-12,15-17H2,1-2H3,(H,28,30)/t22-,23+/m1/s1. The fraction of sp³-hybridized carbons (Fsp3) is 0.500. The Labute approximate surface area is 189 Å². The highest BCUT2D eigenvalue weighted by Gasteiger charge is 2.56. The molecule has 2 fully saturated rings. The van der Waals surface area contributed by atoms with E-state index in [1.807, 2.05) is 23.1 Å². The van der Waals surface area contributed by atoms with Gasteiger partial charge in [0.1, 0.15) is 0 Å². The molecule has 0 unspecified atom stereocenters. The maximum absolute atomic E-state index is 13.0. The van der Waals surface area contributed by atoms with Gasteiger partial charge < -0.3 is 15.0 Å². The molecular weight excluding hydrogens is 402 g/mol. The van der Waals surface area contributed by atoms with Crippen molar-refractivity contribution >= 4 is 11.8 Å². The number of carbonyl (C=O) groups is 2. The lowest BCUT2D eigenvalue weighted by Crippen LogP contribution is -2.52.